The van der Waals surface area contributed by atoms with Crippen molar-refractivity contribution in [1.29, 1.82) is 0 Å². The number of nitrogens with zero attached hydrogens (tertiary/aromatic N) is 1. The normalized spacial score (nSPS) is 44.7. The van der Waals surface area contributed by atoms with E-state index in [4.69, 9.17) is 5.73 Å². The van der Waals surface area contributed by atoms with Gasteiger partial charge in [0, 0.05) is 12.1 Å². The summed E-state index contributed by atoms with van der Waals surface area (Å²) in [5, 5.41) is 0. The zero-order valence-electron chi connectivity index (χ0n) is 7.29. The van der Waals surface area contributed by atoms with E-state index in [-0.39, 0.29) is 0 Å². The molecule has 0 bridgehead atoms. The molecule has 2 fully saturated rings. The van der Waals surface area contributed by atoms with Gasteiger partial charge in [-0.1, -0.05) is 0 Å². The Hall–Kier alpha value is -0.0800. The minimum atomic E-state index is 0.545. The molecule has 1 aliphatic carbocycles. The molecule has 2 rings (SSSR count). The number of likely N-dealkylation sites (tertiary alicyclic amines) is 1. The van der Waals surface area contributed by atoms with Gasteiger partial charge in [0.15, 0.2) is 0 Å². The quantitative estimate of drug-likeness (QED) is 0.638. The second-order valence-electron chi connectivity index (χ2n) is 4.17. The van der Waals surface area contributed by atoms with Gasteiger partial charge in [0.05, 0.1) is 0 Å². The van der Waals surface area contributed by atoms with Crippen LogP contribution in [0, 0.1) is 5.92 Å². The SMILES string of the molecule is CN1CCCC1C[C@@H]1C[C@H]1N. The fourth-order valence-electron chi connectivity index (χ4n) is 2.17. The highest BCUT2D eigenvalue weighted by atomic mass is 15.1. The summed E-state index contributed by atoms with van der Waals surface area (Å²) in [6.07, 6.45) is 5.44. The Morgan fingerprint density at radius 2 is 2.27 bits per heavy atom. The van der Waals surface area contributed by atoms with Gasteiger partial charge in [0.25, 0.3) is 0 Å². The summed E-state index contributed by atoms with van der Waals surface area (Å²) in [4.78, 5) is 2.49. The standard InChI is InChI=1S/C9H18N2/c1-11-4-2-3-8(11)5-7-6-9(7)10/h7-9H,2-6,10H2,1H3/t7-,8?,9-/m1/s1. The van der Waals surface area contributed by atoms with Gasteiger partial charge in [-0.15, -0.1) is 0 Å². The molecule has 0 aromatic carbocycles. The number of rotatable bonds is 2. The molecule has 64 valence electrons. The van der Waals surface area contributed by atoms with Crippen molar-refractivity contribution in [1.82, 2.24) is 4.90 Å². The molecule has 0 aromatic heterocycles. The highest BCUT2D eigenvalue weighted by Crippen LogP contribution is 2.35. The van der Waals surface area contributed by atoms with Crippen molar-refractivity contribution in [3.05, 3.63) is 0 Å². The zero-order chi connectivity index (χ0) is 7.84. The minimum absolute atomic E-state index is 0.545. The van der Waals surface area contributed by atoms with E-state index >= 15 is 0 Å². The lowest BCUT2D eigenvalue weighted by Gasteiger charge is -2.18. The van der Waals surface area contributed by atoms with Crippen LogP contribution in [0.1, 0.15) is 25.7 Å². The molecule has 2 heteroatoms. The second-order valence-corrected chi connectivity index (χ2v) is 4.17. The van der Waals surface area contributed by atoms with Crippen LogP contribution in [0.3, 0.4) is 0 Å². The molecule has 1 saturated heterocycles. The molecular formula is C9H18N2. The van der Waals surface area contributed by atoms with Crippen LogP contribution in [0.5, 0.6) is 0 Å². The average Bonchev–Trinajstić information content (AvgIpc) is 2.48. The third-order valence-corrected chi connectivity index (χ3v) is 3.22. The van der Waals surface area contributed by atoms with Crippen LogP contribution >= 0.6 is 0 Å². The predicted octanol–water partition coefficient (Wildman–Crippen LogP) is 0.818. The van der Waals surface area contributed by atoms with Crippen LogP contribution < -0.4 is 5.73 Å². The lowest BCUT2D eigenvalue weighted by Crippen LogP contribution is -2.25. The van der Waals surface area contributed by atoms with Gasteiger partial charge in [0.2, 0.25) is 0 Å². The summed E-state index contributed by atoms with van der Waals surface area (Å²) in [5.41, 5.74) is 5.77. The maximum absolute atomic E-state index is 5.77. The second kappa shape index (κ2) is 2.76. The highest BCUT2D eigenvalue weighted by molar-refractivity contribution is 4.94. The molecule has 0 spiro atoms. The largest absolute Gasteiger partial charge is 0.327 e. The predicted molar refractivity (Wildman–Crippen MR) is 46.4 cm³/mol. The van der Waals surface area contributed by atoms with Gasteiger partial charge in [-0.25, -0.2) is 0 Å². The van der Waals surface area contributed by atoms with Crippen molar-refractivity contribution in [2.45, 2.75) is 37.8 Å². The van der Waals surface area contributed by atoms with E-state index in [0.29, 0.717) is 6.04 Å². The van der Waals surface area contributed by atoms with E-state index in [9.17, 15) is 0 Å². The topological polar surface area (TPSA) is 29.3 Å². The van der Waals surface area contributed by atoms with Crippen LogP contribution in [0.4, 0.5) is 0 Å². The smallest absolute Gasteiger partial charge is 0.00959 e. The summed E-state index contributed by atoms with van der Waals surface area (Å²) >= 11 is 0. The molecule has 0 radical (unpaired) electrons. The van der Waals surface area contributed by atoms with Crippen molar-refractivity contribution in [2.24, 2.45) is 11.7 Å². The maximum Gasteiger partial charge on any atom is 0.00959 e. The molecular weight excluding hydrogens is 136 g/mol. The van der Waals surface area contributed by atoms with Gasteiger partial charge in [-0.05, 0) is 45.2 Å². The molecule has 1 aliphatic heterocycles. The van der Waals surface area contributed by atoms with Gasteiger partial charge in [-0.2, -0.15) is 0 Å². The summed E-state index contributed by atoms with van der Waals surface area (Å²) in [5.74, 6) is 0.862. The summed E-state index contributed by atoms with van der Waals surface area (Å²) < 4.78 is 0. The van der Waals surface area contributed by atoms with Crippen molar-refractivity contribution < 1.29 is 0 Å². The average molecular weight is 154 g/mol. The van der Waals surface area contributed by atoms with E-state index in [1.54, 1.807) is 0 Å². The zero-order valence-corrected chi connectivity index (χ0v) is 7.29. The molecule has 2 aliphatic rings. The molecule has 1 unspecified atom stereocenters. The first-order chi connectivity index (χ1) is 5.27. The van der Waals surface area contributed by atoms with Crippen molar-refractivity contribution in [3.63, 3.8) is 0 Å². The van der Waals surface area contributed by atoms with Gasteiger partial charge >= 0.3 is 0 Å². The Balaban J connectivity index is 1.77. The Labute approximate surface area is 68.7 Å². The number of nitrogens with two attached hydrogens (primary N) is 1. The van der Waals surface area contributed by atoms with Crippen molar-refractivity contribution >= 4 is 0 Å². The van der Waals surface area contributed by atoms with Crippen LogP contribution in [0.25, 0.3) is 0 Å². The third-order valence-electron chi connectivity index (χ3n) is 3.22. The van der Waals surface area contributed by atoms with Crippen LogP contribution in [-0.4, -0.2) is 30.6 Å². The summed E-state index contributed by atoms with van der Waals surface area (Å²) in [6.45, 7) is 1.30. The summed E-state index contributed by atoms with van der Waals surface area (Å²) in [7, 11) is 2.24. The molecule has 1 saturated carbocycles. The Morgan fingerprint density at radius 3 is 2.73 bits per heavy atom. The van der Waals surface area contributed by atoms with Crippen molar-refractivity contribution in [2.75, 3.05) is 13.6 Å². The van der Waals surface area contributed by atoms with Crippen LogP contribution in [-0.2, 0) is 0 Å². The summed E-state index contributed by atoms with van der Waals surface area (Å²) in [6, 6.07) is 1.40. The number of hydrogen-bond donors (Lipinski definition) is 1. The molecule has 1 heterocycles. The lowest BCUT2D eigenvalue weighted by atomic mass is 10.1. The molecule has 2 nitrogen and oxygen atoms in total. The monoisotopic (exact) mass is 154 g/mol. The van der Waals surface area contributed by atoms with E-state index in [1.807, 2.05) is 0 Å². The third kappa shape index (κ3) is 1.57. The van der Waals surface area contributed by atoms with Gasteiger partial charge in [0.1, 0.15) is 0 Å². The van der Waals surface area contributed by atoms with Crippen LogP contribution in [0.2, 0.25) is 0 Å². The fraction of sp³-hybridized carbons (Fsp3) is 1.00. The molecule has 0 amide bonds. The van der Waals surface area contributed by atoms with E-state index in [1.165, 1.54) is 32.2 Å². The first-order valence-electron chi connectivity index (χ1n) is 4.73. The minimum Gasteiger partial charge on any atom is -0.327 e. The van der Waals surface area contributed by atoms with Crippen LogP contribution in [0.15, 0.2) is 0 Å². The van der Waals surface area contributed by atoms with E-state index in [2.05, 4.69) is 11.9 Å². The first kappa shape index (κ1) is 7.56. The van der Waals surface area contributed by atoms with E-state index in [0.717, 1.165) is 12.0 Å². The molecule has 3 atom stereocenters. The van der Waals surface area contributed by atoms with Gasteiger partial charge in [-0.3, -0.25) is 0 Å². The maximum atomic E-state index is 5.77. The van der Waals surface area contributed by atoms with E-state index < -0.39 is 0 Å². The number of hydrogen-bond acceptors (Lipinski definition) is 2. The van der Waals surface area contributed by atoms with Gasteiger partial charge < -0.3 is 10.6 Å². The Morgan fingerprint density at radius 1 is 1.55 bits per heavy atom. The highest BCUT2D eigenvalue weighted by Gasteiger charge is 2.36. The fourth-order valence-corrected chi connectivity index (χ4v) is 2.17. The molecule has 11 heavy (non-hydrogen) atoms. The molecule has 0 aromatic rings. The lowest BCUT2D eigenvalue weighted by molar-refractivity contribution is 0.285. The van der Waals surface area contributed by atoms with Crippen molar-refractivity contribution in [3.8, 4) is 0 Å². The molecule has 2 N–H and O–H groups in total. The first-order valence-corrected chi connectivity index (χ1v) is 4.73. The Kier molecular flexibility index (Phi) is 1.90. The Bertz CT molecular complexity index is 146.